The summed E-state index contributed by atoms with van der Waals surface area (Å²) in [6, 6.07) is 11.0. The molecule has 0 aromatic heterocycles. The van der Waals surface area contributed by atoms with Crippen molar-refractivity contribution in [3.8, 4) is 0 Å². The van der Waals surface area contributed by atoms with Crippen molar-refractivity contribution in [1.82, 2.24) is 0 Å². The summed E-state index contributed by atoms with van der Waals surface area (Å²) < 4.78 is 5.34. The van der Waals surface area contributed by atoms with E-state index < -0.39 is 16.9 Å². The van der Waals surface area contributed by atoms with Crippen LogP contribution in [0, 0.1) is 17.0 Å². The maximum atomic E-state index is 12.5. The topological polar surface area (TPSA) is 111 Å². The van der Waals surface area contributed by atoms with Crippen molar-refractivity contribution in [2.24, 2.45) is 0 Å². The van der Waals surface area contributed by atoms with Gasteiger partial charge in [-0.1, -0.05) is 12.1 Å². The maximum absolute atomic E-state index is 12.5. The molecule has 3 rings (SSSR count). The molecule has 8 nitrogen and oxygen atoms in total. The number of hydrogen-bond donors (Lipinski definition) is 2. The molecule has 0 aliphatic carbocycles. The fraction of sp³-hybridized carbons (Fsp3) is 0.263. The number of rotatable bonds is 5. The predicted molar refractivity (Wildman–Crippen MR) is 99.8 cm³/mol. The molecular formula is C19H19N3O5. The molecular weight excluding hydrogens is 350 g/mol. The van der Waals surface area contributed by atoms with E-state index in [9.17, 15) is 19.7 Å². The van der Waals surface area contributed by atoms with Crippen molar-refractivity contribution in [3.63, 3.8) is 0 Å². The van der Waals surface area contributed by atoms with Gasteiger partial charge in [0, 0.05) is 35.2 Å². The van der Waals surface area contributed by atoms with Gasteiger partial charge in [-0.2, -0.15) is 0 Å². The molecule has 2 aromatic rings. The summed E-state index contributed by atoms with van der Waals surface area (Å²) in [4.78, 5) is 35.1. The van der Waals surface area contributed by atoms with Gasteiger partial charge in [-0.05, 0) is 44.0 Å². The van der Waals surface area contributed by atoms with Gasteiger partial charge in [0.05, 0.1) is 4.92 Å². The fourth-order valence-corrected chi connectivity index (χ4v) is 2.83. The Morgan fingerprint density at radius 1 is 1.15 bits per heavy atom. The lowest BCUT2D eigenvalue weighted by molar-refractivity contribution is -0.385. The smallest absolute Gasteiger partial charge is 0.274 e. The quantitative estimate of drug-likeness (QED) is 0.621. The fourth-order valence-electron chi connectivity index (χ4n) is 2.83. The summed E-state index contributed by atoms with van der Waals surface area (Å²) in [6.45, 7) is 2.20. The highest BCUT2D eigenvalue weighted by Gasteiger charge is 2.23. The molecule has 2 amide bonds. The lowest BCUT2D eigenvalue weighted by Crippen LogP contribution is -2.27. The number of nitrogens with zero attached hydrogens (tertiary/aromatic N) is 1. The van der Waals surface area contributed by atoms with Crippen LogP contribution >= 0.6 is 0 Å². The molecule has 1 fully saturated rings. The zero-order valence-electron chi connectivity index (χ0n) is 14.7. The molecule has 140 valence electrons. The number of carbonyl (C=O) groups is 2. The maximum Gasteiger partial charge on any atom is 0.274 e. The Hall–Kier alpha value is -3.26. The van der Waals surface area contributed by atoms with Gasteiger partial charge in [0.25, 0.3) is 17.5 Å². The van der Waals surface area contributed by atoms with Crippen molar-refractivity contribution >= 4 is 28.9 Å². The van der Waals surface area contributed by atoms with Crippen LogP contribution in [0.15, 0.2) is 42.5 Å². The molecule has 1 heterocycles. The van der Waals surface area contributed by atoms with Gasteiger partial charge in [0.1, 0.15) is 6.10 Å². The van der Waals surface area contributed by atoms with E-state index in [1.54, 1.807) is 43.3 Å². The highest BCUT2D eigenvalue weighted by atomic mass is 16.6. The number of amides is 2. The Balaban J connectivity index is 1.71. The molecule has 1 saturated heterocycles. The summed E-state index contributed by atoms with van der Waals surface area (Å²) in [5.74, 6) is -0.666. The number of benzene rings is 2. The van der Waals surface area contributed by atoms with Crippen molar-refractivity contribution in [3.05, 3.63) is 63.7 Å². The summed E-state index contributed by atoms with van der Waals surface area (Å²) in [5, 5.41) is 16.4. The first-order valence-electron chi connectivity index (χ1n) is 8.53. The van der Waals surface area contributed by atoms with E-state index >= 15 is 0 Å². The van der Waals surface area contributed by atoms with E-state index in [4.69, 9.17) is 4.74 Å². The van der Waals surface area contributed by atoms with E-state index in [2.05, 4.69) is 10.6 Å². The molecule has 0 saturated carbocycles. The largest absolute Gasteiger partial charge is 0.368 e. The van der Waals surface area contributed by atoms with Crippen LogP contribution in [-0.4, -0.2) is 29.4 Å². The van der Waals surface area contributed by atoms with Crippen LogP contribution in [0.1, 0.15) is 28.8 Å². The number of ether oxygens (including phenoxy) is 1. The van der Waals surface area contributed by atoms with Gasteiger partial charge in [-0.25, -0.2) is 0 Å². The van der Waals surface area contributed by atoms with Crippen LogP contribution in [0.5, 0.6) is 0 Å². The van der Waals surface area contributed by atoms with Crippen molar-refractivity contribution in [2.75, 3.05) is 17.2 Å². The summed E-state index contributed by atoms with van der Waals surface area (Å²) in [6.07, 6.45) is 1.07. The molecule has 2 N–H and O–H groups in total. The number of nitro benzene ring substituents is 1. The number of carbonyl (C=O) groups excluding carboxylic acids is 2. The van der Waals surface area contributed by atoms with Gasteiger partial charge >= 0.3 is 0 Å². The van der Waals surface area contributed by atoms with Gasteiger partial charge in [-0.3, -0.25) is 19.7 Å². The van der Waals surface area contributed by atoms with Gasteiger partial charge in [0.15, 0.2) is 0 Å². The SMILES string of the molecule is Cc1ccc(NC(=O)c2cccc(NC(=O)C3CCCO3)c2)cc1[N+](=O)[O-]. The minimum atomic E-state index is -0.494. The molecule has 2 aromatic carbocycles. The van der Waals surface area contributed by atoms with Crippen LogP contribution < -0.4 is 10.6 Å². The normalized spacial score (nSPS) is 16.0. The third kappa shape index (κ3) is 4.48. The lowest BCUT2D eigenvalue weighted by atomic mass is 10.1. The minimum Gasteiger partial charge on any atom is -0.368 e. The highest BCUT2D eigenvalue weighted by molar-refractivity contribution is 6.05. The Kier molecular flexibility index (Phi) is 5.46. The first-order chi connectivity index (χ1) is 12.9. The van der Waals surface area contributed by atoms with Crippen molar-refractivity contribution < 1.29 is 19.2 Å². The first-order valence-corrected chi connectivity index (χ1v) is 8.53. The van der Waals surface area contributed by atoms with Crippen LogP contribution in [0.25, 0.3) is 0 Å². The number of anilines is 2. The molecule has 27 heavy (non-hydrogen) atoms. The van der Waals surface area contributed by atoms with E-state index in [1.165, 1.54) is 6.07 Å². The van der Waals surface area contributed by atoms with Crippen LogP contribution in [0.4, 0.5) is 17.1 Å². The zero-order valence-corrected chi connectivity index (χ0v) is 14.7. The van der Waals surface area contributed by atoms with E-state index in [-0.39, 0.29) is 11.6 Å². The molecule has 8 heteroatoms. The number of aryl methyl sites for hydroxylation is 1. The average Bonchev–Trinajstić information content (AvgIpc) is 3.18. The van der Waals surface area contributed by atoms with Gasteiger partial charge < -0.3 is 15.4 Å². The second-order valence-corrected chi connectivity index (χ2v) is 6.28. The molecule has 1 aliphatic rings. The predicted octanol–water partition coefficient (Wildman–Crippen LogP) is 3.27. The number of nitrogens with one attached hydrogen (secondary N) is 2. The minimum absolute atomic E-state index is 0.0645. The summed E-state index contributed by atoms with van der Waals surface area (Å²) >= 11 is 0. The number of hydrogen-bond acceptors (Lipinski definition) is 5. The molecule has 0 bridgehead atoms. The van der Waals surface area contributed by atoms with E-state index in [1.807, 2.05) is 0 Å². The van der Waals surface area contributed by atoms with E-state index in [0.717, 1.165) is 6.42 Å². The van der Waals surface area contributed by atoms with Gasteiger partial charge in [0.2, 0.25) is 0 Å². The molecule has 1 atom stereocenters. The average molecular weight is 369 g/mol. The second kappa shape index (κ2) is 7.96. The molecule has 1 unspecified atom stereocenters. The Morgan fingerprint density at radius 3 is 2.63 bits per heavy atom. The monoisotopic (exact) mass is 369 g/mol. The second-order valence-electron chi connectivity index (χ2n) is 6.28. The first kappa shape index (κ1) is 18.5. The molecule has 1 aliphatic heterocycles. The Bertz CT molecular complexity index is 891. The molecule has 0 radical (unpaired) electrons. The third-order valence-corrected chi connectivity index (χ3v) is 4.28. The highest BCUT2D eigenvalue weighted by Crippen LogP contribution is 2.23. The van der Waals surface area contributed by atoms with E-state index in [0.29, 0.717) is 35.5 Å². The zero-order chi connectivity index (χ0) is 19.4. The standard InChI is InChI=1S/C19H19N3O5/c1-12-7-8-15(11-16(12)22(25)26)20-18(23)13-4-2-5-14(10-13)21-19(24)17-6-3-9-27-17/h2,4-5,7-8,10-11,17H,3,6,9H2,1H3,(H,20,23)(H,21,24). The Morgan fingerprint density at radius 2 is 1.93 bits per heavy atom. The van der Waals surface area contributed by atoms with Crippen molar-refractivity contribution in [2.45, 2.75) is 25.9 Å². The summed E-state index contributed by atoms with van der Waals surface area (Å²) in [5.41, 5.74) is 1.58. The van der Waals surface area contributed by atoms with Crippen LogP contribution in [0.2, 0.25) is 0 Å². The Labute approximate surface area is 155 Å². The molecule has 0 spiro atoms. The third-order valence-electron chi connectivity index (χ3n) is 4.28. The van der Waals surface area contributed by atoms with Crippen molar-refractivity contribution in [1.29, 1.82) is 0 Å². The van der Waals surface area contributed by atoms with Crippen LogP contribution in [0.3, 0.4) is 0 Å². The number of nitro groups is 1. The lowest BCUT2D eigenvalue weighted by Gasteiger charge is -2.11. The van der Waals surface area contributed by atoms with Crippen LogP contribution in [-0.2, 0) is 9.53 Å². The van der Waals surface area contributed by atoms with Gasteiger partial charge in [-0.15, -0.1) is 0 Å². The summed E-state index contributed by atoms with van der Waals surface area (Å²) in [7, 11) is 0.